The summed E-state index contributed by atoms with van der Waals surface area (Å²) in [6, 6.07) is 0. The van der Waals surface area contributed by atoms with Crippen molar-refractivity contribution in [2.75, 3.05) is 21.3 Å². The van der Waals surface area contributed by atoms with E-state index in [9.17, 15) is 14.4 Å². The largest absolute Gasteiger partial charge is 0.503 e. The number of esters is 1. The molecule has 0 aliphatic carbocycles. The minimum atomic E-state index is -0.981. The van der Waals surface area contributed by atoms with Crippen LogP contribution in [0.25, 0.3) is 0 Å². The number of carbonyl (C=O) groups excluding carboxylic acids is 3. The molecule has 84 valence electrons. The van der Waals surface area contributed by atoms with Crippen LogP contribution >= 0.6 is 0 Å². The van der Waals surface area contributed by atoms with E-state index in [1.807, 2.05) is 0 Å². The summed E-state index contributed by atoms with van der Waals surface area (Å²) in [5.74, 6) is -1.88. The Bertz CT molecular complexity index is 296. The lowest BCUT2D eigenvalue weighted by Gasteiger charge is -2.04. The third-order valence-corrected chi connectivity index (χ3v) is 1.29. The number of carbonyl (C=O) groups is 3. The summed E-state index contributed by atoms with van der Waals surface area (Å²) in [5.41, 5.74) is -0.439. The fraction of sp³-hybridized carbons (Fsp3) is 0.375. The number of hydrogen-bond acceptors (Lipinski definition) is 6. The third kappa shape index (κ3) is 4.12. The Kier molecular flexibility index (Phi) is 5.53. The first-order chi connectivity index (χ1) is 7.06. The van der Waals surface area contributed by atoms with Crippen molar-refractivity contribution in [3.63, 3.8) is 0 Å². The lowest BCUT2D eigenvalue weighted by molar-refractivity contribution is -0.138. The highest BCUT2D eigenvalue weighted by Crippen LogP contribution is 1.98. The molecule has 0 saturated heterocycles. The first-order valence-electron chi connectivity index (χ1n) is 3.77. The summed E-state index contributed by atoms with van der Waals surface area (Å²) in [7, 11) is 3.42. The van der Waals surface area contributed by atoms with Crippen molar-refractivity contribution >= 4 is 18.0 Å². The van der Waals surface area contributed by atoms with Gasteiger partial charge in [0.25, 0.3) is 5.91 Å². The second-order valence-electron chi connectivity index (χ2n) is 2.20. The molecule has 0 atom stereocenters. The standard InChI is InChI=1S/C8H11NO6/c1-13-4-5(7(11)14-2)6(10)9-8(12)15-3/h4H,1-3H3,(H,9,10,12)/b5-4+. The van der Waals surface area contributed by atoms with Crippen molar-refractivity contribution in [3.05, 3.63) is 11.8 Å². The van der Waals surface area contributed by atoms with Gasteiger partial charge < -0.3 is 14.2 Å². The zero-order valence-electron chi connectivity index (χ0n) is 8.53. The Labute approximate surface area is 86.0 Å². The molecule has 0 heterocycles. The van der Waals surface area contributed by atoms with Gasteiger partial charge in [0.1, 0.15) is 6.26 Å². The Morgan fingerprint density at radius 2 is 1.67 bits per heavy atom. The minimum Gasteiger partial charge on any atom is -0.503 e. The molecule has 0 spiro atoms. The lowest BCUT2D eigenvalue weighted by Crippen LogP contribution is -2.34. The average molecular weight is 217 g/mol. The molecule has 0 radical (unpaired) electrons. The summed E-state index contributed by atoms with van der Waals surface area (Å²) in [6.45, 7) is 0. The van der Waals surface area contributed by atoms with Crippen LogP contribution in [0.15, 0.2) is 11.8 Å². The highest BCUT2D eigenvalue weighted by molar-refractivity contribution is 6.19. The number of ether oxygens (including phenoxy) is 3. The van der Waals surface area contributed by atoms with Crippen LogP contribution < -0.4 is 5.32 Å². The van der Waals surface area contributed by atoms with Gasteiger partial charge in [-0.1, -0.05) is 0 Å². The molecule has 0 unspecified atom stereocenters. The van der Waals surface area contributed by atoms with Gasteiger partial charge in [0.05, 0.1) is 21.3 Å². The van der Waals surface area contributed by atoms with Gasteiger partial charge in [0, 0.05) is 0 Å². The number of nitrogens with one attached hydrogen (secondary N) is 1. The van der Waals surface area contributed by atoms with Crippen LogP contribution in [-0.2, 0) is 23.8 Å². The van der Waals surface area contributed by atoms with Crippen molar-refractivity contribution in [2.24, 2.45) is 0 Å². The molecule has 15 heavy (non-hydrogen) atoms. The molecule has 0 aliphatic heterocycles. The van der Waals surface area contributed by atoms with E-state index in [0.717, 1.165) is 20.5 Å². The van der Waals surface area contributed by atoms with Gasteiger partial charge in [-0.2, -0.15) is 0 Å². The van der Waals surface area contributed by atoms with E-state index in [2.05, 4.69) is 14.2 Å². The second-order valence-corrected chi connectivity index (χ2v) is 2.20. The average Bonchev–Trinajstić information content (AvgIpc) is 2.24. The van der Waals surface area contributed by atoms with Crippen LogP contribution in [-0.4, -0.2) is 39.3 Å². The number of imide groups is 1. The lowest BCUT2D eigenvalue weighted by atomic mass is 10.3. The van der Waals surface area contributed by atoms with E-state index in [4.69, 9.17) is 0 Å². The fourth-order valence-corrected chi connectivity index (χ4v) is 0.633. The first kappa shape index (κ1) is 12.9. The second kappa shape index (κ2) is 6.41. The molecule has 7 heteroatoms. The Hall–Kier alpha value is -2.05. The maximum absolute atomic E-state index is 11.2. The predicted octanol–water partition coefficient (Wildman–Crippen LogP) is -0.428. The topological polar surface area (TPSA) is 90.9 Å². The molecule has 0 aliphatic rings. The molecule has 0 saturated carbocycles. The van der Waals surface area contributed by atoms with Gasteiger partial charge in [0.15, 0.2) is 5.57 Å². The van der Waals surface area contributed by atoms with E-state index in [-0.39, 0.29) is 0 Å². The van der Waals surface area contributed by atoms with E-state index < -0.39 is 23.5 Å². The van der Waals surface area contributed by atoms with Crippen LogP contribution in [0.3, 0.4) is 0 Å². The molecule has 2 amide bonds. The zero-order chi connectivity index (χ0) is 11.8. The smallest absolute Gasteiger partial charge is 0.413 e. The molecule has 0 bridgehead atoms. The minimum absolute atomic E-state index is 0.439. The molecule has 0 rings (SSSR count). The fourth-order valence-electron chi connectivity index (χ4n) is 0.633. The molecule has 0 aromatic rings. The monoisotopic (exact) mass is 217 g/mol. The summed E-state index contributed by atoms with van der Waals surface area (Å²) >= 11 is 0. The SMILES string of the molecule is CO/C=C(\C(=O)NC(=O)OC)C(=O)OC. The number of alkyl carbamates (subject to hydrolysis) is 1. The summed E-state index contributed by atoms with van der Waals surface area (Å²) < 4.78 is 13.0. The maximum atomic E-state index is 11.2. The summed E-state index contributed by atoms with van der Waals surface area (Å²) in [4.78, 5) is 32.9. The Balaban J connectivity index is 4.65. The quantitative estimate of drug-likeness (QED) is 0.227. The van der Waals surface area contributed by atoms with Gasteiger partial charge in [-0.15, -0.1) is 0 Å². The number of hydrogen-bond donors (Lipinski definition) is 1. The van der Waals surface area contributed by atoms with Gasteiger partial charge in [-0.05, 0) is 0 Å². The zero-order valence-corrected chi connectivity index (χ0v) is 8.53. The van der Waals surface area contributed by atoms with Crippen LogP contribution in [0.5, 0.6) is 0 Å². The van der Waals surface area contributed by atoms with Gasteiger partial charge >= 0.3 is 12.1 Å². The highest BCUT2D eigenvalue weighted by Gasteiger charge is 2.21. The van der Waals surface area contributed by atoms with Crippen LogP contribution in [0.1, 0.15) is 0 Å². The van der Waals surface area contributed by atoms with E-state index in [1.165, 1.54) is 7.11 Å². The molecule has 0 aromatic heterocycles. The number of rotatable bonds is 3. The molecule has 1 N–H and O–H groups in total. The van der Waals surface area contributed by atoms with Crippen molar-refractivity contribution in [3.8, 4) is 0 Å². The van der Waals surface area contributed by atoms with E-state index in [1.54, 1.807) is 5.32 Å². The molecule has 0 fully saturated rings. The van der Waals surface area contributed by atoms with E-state index in [0.29, 0.717) is 0 Å². The predicted molar refractivity (Wildman–Crippen MR) is 47.7 cm³/mol. The Morgan fingerprint density at radius 1 is 1.07 bits per heavy atom. The Morgan fingerprint density at radius 3 is 2.07 bits per heavy atom. The van der Waals surface area contributed by atoms with Crippen molar-refractivity contribution in [1.29, 1.82) is 0 Å². The molecule has 7 nitrogen and oxygen atoms in total. The molecular formula is C8H11NO6. The first-order valence-corrected chi connectivity index (χ1v) is 3.77. The van der Waals surface area contributed by atoms with Gasteiger partial charge in [0.2, 0.25) is 0 Å². The summed E-state index contributed by atoms with van der Waals surface area (Å²) in [6.07, 6.45) is -0.115. The normalized spacial score (nSPS) is 10.2. The van der Waals surface area contributed by atoms with Crippen molar-refractivity contribution in [2.45, 2.75) is 0 Å². The van der Waals surface area contributed by atoms with E-state index >= 15 is 0 Å². The molecule has 0 aromatic carbocycles. The third-order valence-electron chi connectivity index (χ3n) is 1.29. The van der Waals surface area contributed by atoms with Crippen LogP contribution in [0.2, 0.25) is 0 Å². The van der Waals surface area contributed by atoms with Gasteiger partial charge in [-0.3, -0.25) is 10.1 Å². The van der Waals surface area contributed by atoms with Crippen molar-refractivity contribution in [1.82, 2.24) is 5.32 Å². The maximum Gasteiger partial charge on any atom is 0.413 e. The van der Waals surface area contributed by atoms with Crippen LogP contribution in [0.4, 0.5) is 4.79 Å². The number of amides is 2. The van der Waals surface area contributed by atoms with Crippen molar-refractivity contribution < 1.29 is 28.6 Å². The summed E-state index contributed by atoms with van der Waals surface area (Å²) in [5, 5.41) is 1.78. The van der Waals surface area contributed by atoms with Crippen LogP contribution in [0, 0.1) is 0 Å². The molecular weight excluding hydrogens is 206 g/mol. The highest BCUT2D eigenvalue weighted by atomic mass is 16.5. The number of methoxy groups -OCH3 is 3. The van der Waals surface area contributed by atoms with Gasteiger partial charge in [-0.25, -0.2) is 9.59 Å².